The van der Waals surface area contributed by atoms with E-state index in [2.05, 4.69) is 41.1 Å². The van der Waals surface area contributed by atoms with Crippen molar-refractivity contribution in [3.05, 3.63) is 47.5 Å². The first-order chi connectivity index (χ1) is 10.1. The predicted molar refractivity (Wildman–Crippen MR) is 84.3 cm³/mol. The van der Waals surface area contributed by atoms with Crippen LogP contribution in [0.25, 0.3) is 0 Å². The lowest BCUT2D eigenvalue weighted by Gasteiger charge is -2.40. The standard InChI is InChI=1S/C17H24N2O2/c1-3-14(17(20)21)9-10-19-12-11-18(2)13-16(19)15-7-5-4-6-8-15/h4-9,16H,3,10-13H2,1-2H3,(H,20,21). The Labute approximate surface area is 126 Å². The van der Waals surface area contributed by atoms with Gasteiger partial charge in [0.05, 0.1) is 0 Å². The number of carboxylic acid groups (broad SMARTS) is 1. The van der Waals surface area contributed by atoms with E-state index in [-0.39, 0.29) is 0 Å². The van der Waals surface area contributed by atoms with Crippen LogP contribution in [-0.4, -0.2) is 54.1 Å². The van der Waals surface area contributed by atoms with Gasteiger partial charge in [-0.05, 0) is 19.0 Å². The van der Waals surface area contributed by atoms with Crippen LogP contribution in [0.4, 0.5) is 0 Å². The molecule has 1 aromatic rings. The molecule has 1 heterocycles. The lowest BCUT2D eigenvalue weighted by Crippen LogP contribution is -2.46. The molecule has 0 saturated carbocycles. The number of nitrogens with zero attached hydrogens (tertiary/aromatic N) is 2. The fraction of sp³-hybridized carbons (Fsp3) is 0.471. The summed E-state index contributed by atoms with van der Waals surface area (Å²) in [7, 11) is 2.14. The fourth-order valence-electron chi connectivity index (χ4n) is 2.78. The molecular formula is C17H24N2O2. The van der Waals surface area contributed by atoms with Gasteiger partial charge in [0, 0.05) is 37.8 Å². The minimum atomic E-state index is -0.803. The number of likely N-dealkylation sites (N-methyl/N-ethyl adjacent to an activating group) is 1. The number of carboxylic acids is 1. The predicted octanol–water partition coefficient (Wildman–Crippen LogP) is 2.40. The molecule has 0 amide bonds. The van der Waals surface area contributed by atoms with Crippen LogP contribution in [0.15, 0.2) is 42.0 Å². The van der Waals surface area contributed by atoms with E-state index < -0.39 is 5.97 Å². The highest BCUT2D eigenvalue weighted by molar-refractivity contribution is 5.86. The maximum Gasteiger partial charge on any atom is 0.331 e. The molecule has 21 heavy (non-hydrogen) atoms. The van der Waals surface area contributed by atoms with E-state index >= 15 is 0 Å². The highest BCUT2D eigenvalue weighted by Crippen LogP contribution is 2.24. The third-order valence-corrected chi connectivity index (χ3v) is 4.11. The molecule has 0 aliphatic carbocycles. The van der Waals surface area contributed by atoms with Gasteiger partial charge >= 0.3 is 5.97 Å². The second-order valence-corrected chi connectivity index (χ2v) is 5.57. The molecule has 1 N–H and O–H groups in total. The van der Waals surface area contributed by atoms with Gasteiger partial charge in [-0.2, -0.15) is 0 Å². The number of aliphatic carboxylic acids is 1. The van der Waals surface area contributed by atoms with Crippen LogP contribution in [-0.2, 0) is 4.79 Å². The minimum Gasteiger partial charge on any atom is -0.478 e. The van der Waals surface area contributed by atoms with Crippen molar-refractivity contribution in [2.45, 2.75) is 19.4 Å². The molecule has 0 radical (unpaired) electrons. The first-order valence-electron chi connectivity index (χ1n) is 7.51. The summed E-state index contributed by atoms with van der Waals surface area (Å²) in [6, 6.07) is 10.8. The van der Waals surface area contributed by atoms with Crippen molar-refractivity contribution < 1.29 is 9.90 Å². The van der Waals surface area contributed by atoms with Crippen molar-refractivity contribution >= 4 is 5.97 Å². The monoisotopic (exact) mass is 288 g/mol. The van der Waals surface area contributed by atoms with Crippen LogP contribution >= 0.6 is 0 Å². The largest absolute Gasteiger partial charge is 0.478 e. The first kappa shape index (κ1) is 15.7. The molecule has 4 heteroatoms. The minimum absolute atomic E-state index is 0.327. The molecule has 114 valence electrons. The van der Waals surface area contributed by atoms with E-state index in [1.165, 1.54) is 5.56 Å². The molecule has 1 unspecified atom stereocenters. The summed E-state index contributed by atoms with van der Waals surface area (Å²) < 4.78 is 0. The van der Waals surface area contributed by atoms with Crippen molar-refractivity contribution in [3.8, 4) is 0 Å². The molecule has 1 aromatic carbocycles. The number of hydrogen-bond acceptors (Lipinski definition) is 3. The Kier molecular flexibility index (Phi) is 5.53. The summed E-state index contributed by atoms with van der Waals surface area (Å²) in [5.74, 6) is -0.803. The lowest BCUT2D eigenvalue weighted by molar-refractivity contribution is -0.132. The Morgan fingerprint density at radius 3 is 2.67 bits per heavy atom. The second kappa shape index (κ2) is 7.38. The van der Waals surface area contributed by atoms with Gasteiger partial charge in [-0.1, -0.05) is 43.3 Å². The summed E-state index contributed by atoms with van der Waals surface area (Å²) >= 11 is 0. The maximum atomic E-state index is 11.1. The number of rotatable bonds is 5. The summed E-state index contributed by atoms with van der Waals surface area (Å²) in [4.78, 5) is 15.8. The van der Waals surface area contributed by atoms with E-state index in [0.29, 0.717) is 24.6 Å². The van der Waals surface area contributed by atoms with Gasteiger partial charge in [0.1, 0.15) is 0 Å². The Hall–Kier alpha value is -1.65. The number of benzene rings is 1. The van der Waals surface area contributed by atoms with Crippen LogP contribution in [0, 0.1) is 0 Å². The normalized spacial score (nSPS) is 21.4. The van der Waals surface area contributed by atoms with E-state index in [9.17, 15) is 4.79 Å². The third kappa shape index (κ3) is 4.16. The quantitative estimate of drug-likeness (QED) is 0.845. The smallest absolute Gasteiger partial charge is 0.331 e. The molecule has 4 nitrogen and oxygen atoms in total. The zero-order chi connectivity index (χ0) is 15.2. The summed E-state index contributed by atoms with van der Waals surface area (Å²) in [6.07, 6.45) is 2.43. The average Bonchev–Trinajstić information content (AvgIpc) is 2.49. The zero-order valence-electron chi connectivity index (χ0n) is 12.8. The van der Waals surface area contributed by atoms with Crippen molar-refractivity contribution in [2.75, 3.05) is 33.2 Å². The van der Waals surface area contributed by atoms with Gasteiger partial charge in [0.25, 0.3) is 0 Å². The van der Waals surface area contributed by atoms with Crippen molar-refractivity contribution in [3.63, 3.8) is 0 Å². The van der Waals surface area contributed by atoms with Gasteiger partial charge in [-0.3, -0.25) is 4.90 Å². The Bertz CT molecular complexity index is 499. The van der Waals surface area contributed by atoms with Crippen LogP contribution in [0.3, 0.4) is 0 Å². The van der Waals surface area contributed by atoms with Gasteiger partial charge in [-0.15, -0.1) is 0 Å². The van der Waals surface area contributed by atoms with E-state index in [1.54, 1.807) is 0 Å². The van der Waals surface area contributed by atoms with Crippen LogP contribution in [0.5, 0.6) is 0 Å². The average molecular weight is 288 g/mol. The van der Waals surface area contributed by atoms with E-state index in [4.69, 9.17) is 5.11 Å². The number of piperazine rings is 1. The molecule has 0 aromatic heterocycles. The molecule has 1 fully saturated rings. The highest BCUT2D eigenvalue weighted by Gasteiger charge is 2.25. The Morgan fingerprint density at radius 2 is 2.05 bits per heavy atom. The van der Waals surface area contributed by atoms with Crippen LogP contribution < -0.4 is 0 Å². The fourth-order valence-corrected chi connectivity index (χ4v) is 2.78. The topological polar surface area (TPSA) is 43.8 Å². The van der Waals surface area contributed by atoms with Gasteiger partial charge in [0.2, 0.25) is 0 Å². The van der Waals surface area contributed by atoms with E-state index in [1.807, 2.05) is 19.1 Å². The molecule has 1 atom stereocenters. The van der Waals surface area contributed by atoms with Crippen molar-refractivity contribution in [1.82, 2.24) is 9.80 Å². The summed E-state index contributed by atoms with van der Waals surface area (Å²) in [5, 5.41) is 9.13. The summed E-state index contributed by atoms with van der Waals surface area (Å²) in [5.41, 5.74) is 1.80. The molecule has 0 bridgehead atoms. The third-order valence-electron chi connectivity index (χ3n) is 4.11. The van der Waals surface area contributed by atoms with Gasteiger partial charge in [-0.25, -0.2) is 4.79 Å². The molecule has 1 aliphatic heterocycles. The molecule has 0 spiro atoms. The molecule has 1 saturated heterocycles. The number of hydrogen-bond donors (Lipinski definition) is 1. The van der Waals surface area contributed by atoms with E-state index in [0.717, 1.165) is 19.6 Å². The molecule has 1 aliphatic rings. The van der Waals surface area contributed by atoms with Gasteiger partial charge in [0.15, 0.2) is 0 Å². The van der Waals surface area contributed by atoms with Crippen molar-refractivity contribution in [2.24, 2.45) is 0 Å². The zero-order valence-corrected chi connectivity index (χ0v) is 12.8. The maximum absolute atomic E-state index is 11.1. The Morgan fingerprint density at radius 1 is 1.33 bits per heavy atom. The molecular weight excluding hydrogens is 264 g/mol. The first-order valence-corrected chi connectivity index (χ1v) is 7.51. The second-order valence-electron chi connectivity index (χ2n) is 5.57. The Balaban J connectivity index is 2.14. The van der Waals surface area contributed by atoms with Crippen LogP contribution in [0.2, 0.25) is 0 Å². The number of carbonyl (C=O) groups is 1. The summed E-state index contributed by atoms with van der Waals surface area (Å²) in [6.45, 7) is 5.54. The lowest BCUT2D eigenvalue weighted by atomic mass is 10.0. The van der Waals surface area contributed by atoms with Crippen molar-refractivity contribution in [1.29, 1.82) is 0 Å². The highest BCUT2D eigenvalue weighted by atomic mass is 16.4. The SMILES string of the molecule is CCC(=CCN1CCN(C)CC1c1ccccc1)C(=O)O. The van der Waals surface area contributed by atoms with Gasteiger partial charge < -0.3 is 10.0 Å². The van der Waals surface area contributed by atoms with Crippen LogP contribution in [0.1, 0.15) is 24.9 Å². The molecule has 2 rings (SSSR count).